The monoisotopic (exact) mass is 444 g/mol. The lowest BCUT2D eigenvalue weighted by atomic mass is 10.0. The fraction of sp³-hybridized carbons (Fsp3) is 0.412. The molecule has 1 aromatic heterocycles. The molecular weight excluding hydrogens is 427 g/mol. The van der Waals surface area contributed by atoms with Crippen LogP contribution in [0.1, 0.15) is 16.5 Å². The average molecular weight is 445 g/mol. The number of nitrogens with zero attached hydrogens (tertiary/aromatic N) is 1. The van der Waals surface area contributed by atoms with Crippen LogP contribution >= 0.6 is 35.3 Å². The van der Waals surface area contributed by atoms with Crippen molar-refractivity contribution in [1.29, 1.82) is 0 Å². The normalized spacial score (nSPS) is 16.8. The van der Waals surface area contributed by atoms with Gasteiger partial charge in [0.15, 0.2) is 0 Å². The summed E-state index contributed by atoms with van der Waals surface area (Å²) in [6.07, 6.45) is -8.40. The van der Waals surface area contributed by atoms with Crippen molar-refractivity contribution in [3.05, 3.63) is 51.2 Å². The number of benzene rings is 1. The number of rotatable bonds is 6. The topological polar surface area (TPSA) is 24.5 Å². The minimum Gasteiger partial charge on any atom is -0.428 e. The van der Waals surface area contributed by atoms with E-state index in [-0.39, 0.29) is 24.2 Å². The molecule has 150 valence electrons. The van der Waals surface area contributed by atoms with E-state index in [0.717, 1.165) is 36.6 Å². The molecule has 27 heavy (non-hydrogen) atoms. The van der Waals surface area contributed by atoms with Crippen LogP contribution < -0.4 is 10.1 Å². The molecule has 0 aliphatic carbocycles. The van der Waals surface area contributed by atoms with Crippen LogP contribution in [0.5, 0.6) is 5.75 Å². The summed E-state index contributed by atoms with van der Waals surface area (Å²) in [5.41, 5.74) is 0.859. The van der Waals surface area contributed by atoms with Crippen molar-refractivity contribution in [3.63, 3.8) is 0 Å². The van der Waals surface area contributed by atoms with Gasteiger partial charge >= 0.3 is 12.5 Å². The summed E-state index contributed by atoms with van der Waals surface area (Å²) >= 11 is 7.53. The van der Waals surface area contributed by atoms with E-state index in [1.54, 1.807) is 12.1 Å². The van der Waals surface area contributed by atoms with Gasteiger partial charge in [0.1, 0.15) is 5.75 Å². The zero-order valence-electron chi connectivity index (χ0n) is 14.0. The van der Waals surface area contributed by atoms with Crippen LogP contribution in [0, 0.1) is 0 Å². The highest BCUT2D eigenvalue weighted by molar-refractivity contribution is 7.16. The number of nitrogens with one attached hydrogen (secondary N) is 1. The Morgan fingerprint density at radius 1 is 1.07 bits per heavy atom. The number of hydrogen-bond donors (Lipinski definition) is 1. The molecule has 0 saturated carbocycles. The van der Waals surface area contributed by atoms with E-state index in [0.29, 0.717) is 4.34 Å². The van der Waals surface area contributed by atoms with Crippen LogP contribution in [0.15, 0.2) is 36.4 Å². The van der Waals surface area contributed by atoms with Gasteiger partial charge in [-0.2, -0.15) is 17.6 Å². The Balaban J connectivity index is 0.00000261. The van der Waals surface area contributed by atoms with E-state index in [1.807, 2.05) is 12.1 Å². The van der Waals surface area contributed by atoms with Crippen molar-refractivity contribution in [2.75, 3.05) is 26.2 Å². The highest BCUT2D eigenvalue weighted by Gasteiger charge is 2.44. The molecule has 2 aromatic rings. The van der Waals surface area contributed by atoms with E-state index < -0.39 is 12.5 Å². The minimum absolute atomic E-state index is 0. The maximum atomic E-state index is 13.0. The number of piperazine rings is 1. The van der Waals surface area contributed by atoms with Crippen molar-refractivity contribution in [2.24, 2.45) is 0 Å². The van der Waals surface area contributed by atoms with Gasteiger partial charge in [0.2, 0.25) is 0 Å². The quantitative estimate of drug-likeness (QED) is 0.630. The molecule has 1 saturated heterocycles. The molecule has 0 unspecified atom stereocenters. The number of alkyl halides is 4. The van der Waals surface area contributed by atoms with Crippen molar-refractivity contribution in [3.8, 4) is 5.75 Å². The van der Waals surface area contributed by atoms with Crippen LogP contribution in [0.3, 0.4) is 0 Å². The number of ether oxygens (including phenoxy) is 1. The Kier molecular flexibility index (Phi) is 7.76. The third-order valence-electron chi connectivity index (χ3n) is 4.08. The molecule has 0 radical (unpaired) electrons. The molecule has 0 spiro atoms. The Morgan fingerprint density at radius 2 is 1.70 bits per heavy atom. The third kappa shape index (κ3) is 5.48. The van der Waals surface area contributed by atoms with Crippen molar-refractivity contribution in [2.45, 2.75) is 18.6 Å². The molecule has 1 fully saturated rings. The molecule has 3 nitrogen and oxygen atoms in total. The fourth-order valence-corrected chi connectivity index (χ4v) is 4.11. The molecule has 1 aromatic carbocycles. The maximum Gasteiger partial charge on any atom is 0.461 e. The lowest BCUT2D eigenvalue weighted by Gasteiger charge is -2.34. The van der Waals surface area contributed by atoms with Gasteiger partial charge in [-0.3, -0.25) is 4.90 Å². The zero-order chi connectivity index (χ0) is 18.7. The predicted molar refractivity (Wildman–Crippen MR) is 101 cm³/mol. The Bertz CT molecular complexity index is 724. The molecule has 1 atom stereocenters. The van der Waals surface area contributed by atoms with Crippen molar-refractivity contribution >= 4 is 35.3 Å². The second-order valence-corrected chi connectivity index (χ2v) is 7.61. The van der Waals surface area contributed by atoms with Gasteiger partial charge in [0, 0.05) is 31.1 Å². The third-order valence-corrected chi connectivity index (χ3v) is 5.37. The van der Waals surface area contributed by atoms with Crippen LogP contribution in [0.25, 0.3) is 0 Å². The molecule has 0 bridgehead atoms. The summed E-state index contributed by atoms with van der Waals surface area (Å²) < 4.78 is 55.4. The van der Waals surface area contributed by atoms with E-state index in [1.165, 1.54) is 23.5 Å². The first-order valence-corrected chi connectivity index (χ1v) is 9.21. The summed E-state index contributed by atoms with van der Waals surface area (Å²) in [6, 6.07) is 9.49. The highest BCUT2D eigenvalue weighted by atomic mass is 35.5. The molecule has 10 heteroatoms. The van der Waals surface area contributed by atoms with E-state index in [4.69, 9.17) is 11.6 Å². The van der Waals surface area contributed by atoms with E-state index >= 15 is 0 Å². The summed E-state index contributed by atoms with van der Waals surface area (Å²) in [7, 11) is 0. The van der Waals surface area contributed by atoms with Crippen LogP contribution in [-0.2, 0) is 0 Å². The fourth-order valence-electron chi connectivity index (χ4n) is 2.89. The van der Waals surface area contributed by atoms with Gasteiger partial charge in [-0.25, -0.2) is 0 Å². The Labute approximate surface area is 169 Å². The van der Waals surface area contributed by atoms with E-state index in [2.05, 4.69) is 15.0 Å². The zero-order valence-corrected chi connectivity index (χ0v) is 16.4. The highest BCUT2D eigenvalue weighted by Crippen LogP contribution is 2.36. The molecule has 1 aliphatic rings. The van der Waals surface area contributed by atoms with Crippen LogP contribution in [0.2, 0.25) is 4.34 Å². The van der Waals surface area contributed by atoms with Gasteiger partial charge in [-0.1, -0.05) is 23.7 Å². The minimum atomic E-state index is -4.51. The summed E-state index contributed by atoms with van der Waals surface area (Å²) in [4.78, 5) is 3.30. The largest absolute Gasteiger partial charge is 0.461 e. The first kappa shape index (κ1) is 22.2. The summed E-state index contributed by atoms with van der Waals surface area (Å²) in [5.74, 6) is -0.303. The molecule has 0 amide bonds. The molecule has 1 aliphatic heterocycles. The molecule has 1 N–H and O–H groups in total. The molecule has 3 rings (SSSR count). The van der Waals surface area contributed by atoms with Gasteiger partial charge in [-0.15, -0.1) is 23.7 Å². The smallest absolute Gasteiger partial charge is 0.428 e. The Hall–Kier alpha value is -1.06. The molecular formula is C17H18Cl2F4N2OS. The van der Waals surface area contributed by atoms with Gasteiger partial charge in [-0.05, 0) is 29.8 Å². The van der Waals surface area contributed by atoms with Gasteiger partial charge < -0.3 is 10.1 Å². The van der Waals surface area contributed by atoms with Crippen LogP contribution in [-0.4, -0.2) is 43.6 Å². The first-order chi connectivity index (χ1) is 12.4. The average Bonchev–Trinajstić information content (AvgIpc) is 3.03. The number of halogens is 6. The Morgan fingerprint density at radius 3 is 2.22 bits per heavy atom. The number of thiophene rings is 1. The number of hydrogen-bond acceptors (Lipinski definition) is 4. The van der Waals surface area contributed by atoms with E-state index in [9.17, 15) is 17.6 Å². The first-order valence-electron chi connectivity index (χ1n) is 8.02. The lowest BCUT2D eigenvalue weighted by molar-refractivity contribution is -0.253. The van der Waals surface area contributed by atoms with Gasteiger partial charge in [0.05, 0.1) is 10.4 Å². The SMILES string of the molecule is Cl.FC(F)C(F)(F)Oc1ccc([C@@H](c2ccc(Cl)s2)N2CCNCC2)cc1. The predicted octanol–water partition coefficient (Wildman–Crippen LogP) is 5.05. The second kappa shape index (κ2) is 9.43. The lowest BCUT2D eigenvalue weighted by Crippen LogP contribution is -2.45. The second-order valence-electron chi connectivity index (χ2n) is 5.86. The summed E-state index contributed by atoms with van der Waals surface area (Å²) in [6.45, 7) is 3.33. The van der Waals surface area contributed by atoms with Crippen molar-refractivity contribution < 1.29 is 22.3 Å². The van der Waals surface area contributed by atoms with Crippen LogP contribution in [0.4, 0.5) is 17.6 Å². The van der Waals surface area contributed by atoms with Gasteiger partial charge in [0.25, 0.3) is 0 Å². The molecule has 2 heterocycles. The maximum absolute atomic E-state index is 13.0. The van der Waals surface area contributed by atoms with Crippen molar-refractivity contribution in [1.82, 2.24) is 10.2 Å². The summed E-state index contributed by atoms with van der Waals surface area (Å²) in [5, 5.41) is 3.28. The standard InChI is InChI=1S/C17H17ClF4N2OS.ClH/c18-14-6-5-13(26-14)15(24-9-7-23-8-10-24)11-1-3-12(4-2-11)25-17(21,22)16(19)20;/h1-6,15-16,23H,7-10H2;1H/t15-;/m0./s1.